The Morgan fingerprint density at radius 3 is 2.05 bits per heavy atom. The van der Waals surface area contributed by atoms with Crippen LogP contribution in [-0.4, -0.2) is 0 Å². The minimum Gasteiger partial charge on any atom is -0.451 e. The molecule has 2 nitrogen and oxygen atoms in total. The van der Waals surface area contributed by atoms with Gasteiger partial charge < -0.3 is 10.5 Å². The first-order valence-corrected chi connectivity index (χ1v) is 5.65. The second-order valence-corrected chi connectivity index (χ2v) is 4.16. The van der Waals surface area contributed by atoms with Crippen LogP contribution in [0.1, 0.15) is 18.5 Å². The summed E-state index contributed by atoms with van der Waals surface area (Å²) in [7, 11) is 0. The van der Waals surface area contributed by atoms with Crippen molar-refractivity contribution in [2.45, 2.75) is 13.0 Å². The van der Waals surface area contributed by atoms with E-state index in [1.54, 1.807) is 13.0 Å². The summed E-state index contributed by atoms with van der Waals surface area (Å²) in [4.78, 5) is 0. The lowest BCUT2D eigenvalue weighted by Gasteiger charge is -2.10. The molecule has 0 saturated carbocycles. The maximum absolute atomic E-state index is 13.7. The van der Waals surface area contributed by atoms with E-state index in [4.69, 9.17) is 10.5 Å². The molecule has 0 radical (unpaired) electrons. The summed E-state index contributed by atoms with van der Waals surface area (Å²) in [5, 5.41) is 0. The summed E-state index contributed by atoms with van der Waals surface area (Å²) in [6, 6.07) is 6.66. The van der Waals surface area contributed by atoms with Crippen molar-refractivity contribution in [2.75, 3.05) is 0 Å². The van der Waals surface area contributed by atoms with E-state index in [0.717, 1.165) is 12.1 Å². The fourth-order valence-corrected chi connectivity index (χ4v) is 1.56. The Bertz CT molecular complexity index is 599. The normalized spacial score (nSPS) is 12.3. The smallest absolute Gasteiger partial charge is 0.168 e. The van der Waals surface area contributed by atoms with E-state index in [-0.39, 0.29) is 17.5 Å². The minimum absolute atomic E-state index is 0.144. The number of ether oxygens (including phenoxy) is 1. The standard InChI is InChI=1S/C14H12F3NO/c1-8(18)9-2-4-13(11(16)6-9)19-14-5-3-10(15)7-12(14)17/h2-8H,18H2,1H3. The largest absolute Gasteiger partial charge is 0.451 e. The summed E-state index contributed by atoms with van der Waals surface area (Å²) in [6.07, 6.45) is 0. The zero-order valence-corrected chi connectivity index (χ0v) is 10.2. The molecular weight excluding hydrogens is 255 g/mol. The SMILES string of the molecule is CC(N)c1ccc(Oc2ccc(F)cc2F)c(F)c1. The lowest BCUT2D eigenvalue weighted by atomic mass is 10.1. The molecule has 1 atom stereocenters. The number of benzene rings is 2. The van der Waals surface area contributed by atoms with Gasteiger partial charge in [-0.15, -0.1) is 0 Å². The quantitative estimate of drug-likeness (QED) is 0.914. The van der Waals surface area contributed by atoms with Crippen molar-refractivity contribution in [1.82, 2.24) is 0 Å². The van der Waals surface area contributed by atoms with Crippen LogP contribution in [-0.2, 0) is 0 Å². The average molecular weight is 267 g/mol. The fourth-order valence-electron chi connectivity index (χ4n) is 1.56. The molecule has 0 aliphatic heterocycles. The van der Waals surface area contributed by atoms with Gasteiger partial charge in [0.2, 0.25) is 0 Å². The summed E-state index contributed by atoms with van der Waals surface area (Å²) in [5.74, 6) is -2.66. The van der Waals surface area contributed by atoms with Crippen molar-refractivity contribution < 1.29 is 17.9 Å². The van der Waals surface area contributed by atoms with Gasteiger partial charge in [0.25, 0.3) is 0 Å². The summed E-state index contributed by atoms with van der Waals surface area (Å²) < 4.78 is 44.9. The van der Waals surface area contributed by atoms with Gasteiger partial charge in [0.1, 0.15) is 5.82 Å². The Morgan fingerprint density at radius 1 is 0.947 bits per heavy atom. The highest BCUT2D eigenvalue weighted by Crippen LogP contribution is 2.28. The summed E-state index contributed by atoms with van der Waals surface area (Å²) in [6.45, 7) is 1.72. The number of hydrogen-bond donors (Lipinski definition) is 1. The monoisotopic (exact) mass is 267 g/mol. The van der Waals surface area contributed by atoms with Crippen LogP contribution in [0, 0.1) is 17.5 Å². The molecule has 2 aromatic carbocycles. The predicted molar refractivity (Wildman–Crippen MR) is 65.4 cm³/mol. The Morgan fingerprint density at radius 2 is 1.53 bits per heavy atom. The van der Waals surface area contributed by atoms with Gasteiger partial charge in [0.15, 0.2) is 23.1 Å². The van der Waals surface area contributed by atoms with Gasteiger partial charge >= 0.3 is 0 Å². The molecule has 0 amide bonds. The number of nitrogens with two attached hydrogens (primary N) is 1. The van der Waals surface area contributed by atoms with Gasteiger partial charge in [0, 0.05) is 12.1 Å². The van der Waals surface area contributed by atoms with Crippen LogP contribution in [0.15, 0.2) is 36.4 Å². The molecule has 0 aliphatic carbocycles. The van der Waals surface area contributed by atoms with Gasteiger partial charge in [-0.2, -0.15) is 0 Å². The van der Waals surface area contributed by atoms with Gasteiger partial charge in [-0.05, 0) is 36.8 Å². The second kappa shape index (κ2) is 5.32. The first kappa shape index (κ1) is 13.4. The van der Waals surface area contributed by atoms with E-state index >= 15 is 0 Å². The third-order valence-electron chi connectivity index (χ3n) is 2.60. The van der Waals surface area contributed by atoms with E-state index in [1.165, 1.54) is 12.1 Å². The van der Waals surface area contributed by atoms with Gasteiger partial charge in [-0.1, -0.05) is 6.07 Å². The van der Waals surface area contributed by atoms with Crippen LogP contribution in [0.5, 0.6) is 11.5 Å². The van der Waals surface area contributed by atoms with E-state index < -0.39 is 17.5 Å². The van der Waals surface area contributed by atoms with E-state index in [9.17, 15) is 13.2 Å². The van der Waals surface area contributed by atoms with Crippen molar-refractivity contribution in [3.05, 3.63) is 59.4 Å². The van der Waals surface area contributed by atoms with Gasteiger partial charge in [-0.25, -0.2) is 13.2 Å². The van der Waals surface area contributed by atoms with Gasteiger partial charge in [0.05, 0.1) is 0 Å². The highest BCUT2D eigenvalue weighted by Gasteiger charge is 2.11. The summed E-state index contributed by atoms with van der Waals surface area (Å²) >= 11 is 0. The van der Waals surface area contributed by atoms with Crippen LogP contribution < -0.4 is 10.5 Å². The molecule has 0 fully saturated rings. The molecule has 0 saturated heterocycles. The van der Waals surface area contributed by atoms with Crippen LogP contribution in [0.2, 0.25) is 0 Å². The maximum atomic E-state index is 13.7. The van der Waals surface area contributed by atoms with Crippen molar-refractivity contribution in [3.8, 4) is 11.5 Å². The fraction of sp³-hybridized carbons (Fsp3) is 0.143. The Hall–Kier alpha value is -2.01. The van der Waals surface area contributed by atoms with E-state index in [2.05, 4.69) is 0 Å². The molecule has 0 heterocycles. The second-order valence-electron chi connectivity index (χ2n) is 4.16. The molecule has 0 spiro atoms. The lowest BCUT2D eigenvalue weighted by Crippen LogP contribution is -2.05. The Balaban J connectivity index is 2.28. The van der Waals surface area contributed by atoms with Crippen LogP contribution >= 0.6 is 0 Å². The molecule has 5 heteroatoms. The summed E-state index contributed by atoms with van der Waals surface area (Å²) in [5.41, 5.74) is 6.22. The van der Waals surface area contributed by atoms with Crippen LogP contribution in [0.4, 0.5) is 13.2 Å². The topological polar surface area (TPSA) is 35.2 Å². The molecule has 100 valence electrons. The Kier molecular flexibility index (Phi) is 3.76. The number of rotatable bonds is 3. The first-order chi connectivity index (χ1) is 8.97. The van der Waals surface area contributed by atoms with Crippen LogP contribution in [0.25, 0.3) is 0 Å². The van der Waals surface area contributed by atoms with Crippen molar-refractivity contribution >= 4 is 0 Å². The lowest BCUT2D eigenvalue weighted by molar-refractivity contribution is 0.411. The van der Waals surface area contributed by atoms with E-state index in [0.29, 0.717) is 11.6 Å². The zero-order chi connectivity index (χ0) is 14.0. The van der Waals surface area contributed by atoms with Crippen molar-refractivity contribution in [3.63, 3.8) is 0 Å². The third-order valence-corrected chi connectivity index (χ3v) is 2.60. The molecule has 2 N–H and O–H groups in total. The van der Waals surface area contributed by atoms with Gasteiger partial charge in [-0.3, -0.25) is 0 Å². The molecule has 0 aliphatic rings. The first-order valence-electron chi connectivity index (χ1n) is 5.65. The average Bonchev–Trinajstić information content (AvgIpc) is 2.34. The van der Waals surface area contributed by atoms with E-state index in [1.807, 2.05) is 0 Å². The highest BCUT2D eigenvalue weighted by atomic mass is 19.1. The van der Waals surface area contributed by atoms with Crippen molar-refractivity contribution in [2.24, 2.45) is 5.73 Å². The van der Waals surface area contributed by atoms with Crippen LogP contribution in [0.3, 0.4) is 0 Å². The third kappa shape index (κ3) is 3.06. The minimum atomic E-state index is -0.893. The Labute approximate surface area is 108 Å². The zero-order valence-electron chi connectivity index (χ0n) is 10.2. The maximum Gasteiger partial charge on any atom is 0.168 e. The molecule has 2 aromatic rings. The number of halogens is 3. The molecule has 0 aromatic heterocycles. The predicted octanol–water partition coefficient (Wildman–Crippen LogP) is 3.92. The highest BCUT2D eigenvalue weighted by molar-refractivity contribution is 5.36. The molecule has 2 rings (SSSR count). The molecule has 0 bridgehead atoms. The molecular formula is C14H12F3NO. The molecule has 19 heavy (non-hydrogen) atoms. The number of hydrogen-bond acceptors (Lipinski definition) is 2. The molecule has 1 unspecified atom stereocenters. The van der Waals surface area contributed by atoms with Crippen molar-refractivity contribution in [1.29, 1.82) is 0 Å².